The Morgan fingerprint density at radius 1 is 1.10 bits per heavy atom. The zero-order valence-corrected chi connectivity index (χ0v) is 18.0. The number of aromatic nitrogens is 2. The quantitative estimate of drug-likeness (QED) is 0.196. The maximum Gasteiger partial charge on any atom is 0.317 e. The molecule has 0 aliphatic carbocycles. The second kappa shape index (κ2) is 9.68. The van der Waals surface area contributed by atoms with Crippen LogP contribution in [0, 0.1) is 0 Å². The summed E-state index contributed by atoms with van der Waals surface area (Å²) in [6.07, 6.45) is 1.50. The van der Waals surface area contributed by atoms with Crippen molar-refractivity contribution in [2.24, 2.45) is 5.10 Å². The molecule has 31 heavy (non-hydrogen) atoms. The molecular weight excluding hydrogens is 432 g/mol. The number of nitrogens with one attached hydrogen (secondary N) is 2. The van der Waals surface area contributed by atoms with Crippen molar-refractivity contribution in [3.8, 4) is 5.75 Å². The second-order valence-corrected chi connectivity index (χ2v) is 8.15. The Kier molecular flexibility index (Phi) is 6.54. The number of carbonyl (C=O) groups excluding carboxylic acids is 1. The van der Waals surface area contributed by atoms with Gasteiger partial charge in [0.05, 0.1) is 12.0 Å². The first-order chi connectivity index (χ1) is 15.1. The summed E-state index contributed by atoms with van der Waals surface area (Å²) >= 11 is 7.75. The average molecular weight is 451 g/mol. The lowest BCUT2D eigenvalue weighted by Crippen LogP contribution is -2.36. The second-order valence-electron chi connectivity index (χ2n) is 6.78. The van der Waals surface area contributed by atoms with Gasteiger partial charge in [0.1, 0.15) is 6.54 Å². The molecule has 1 heterocycles. The number of rotatable bonds is 7. The van der Waals surface area contributed by atoms with Gasteiger partial charge in [-0.1, -0.05) is 66.2 Å². The van der Waals surface area contributed by atoms with Gasteiger partial charge in [-0.3, -0.25) is 4.79 Å². The first kappa shape index (κ1) is 21.0. The molecule has 8 heteroatoms. The first-order valence-corrected chi connectivity index (χ1v) is 10.9. The highest BCUT2D eigenvalue weighted by atomic mass is 35.5. The van der Waals surface area contributed by atoms with Crippen LogP contribution in [0.4, 0.5) is 0 Å². The number of hydrazone groups is 1. The van der Waals surface area contributed by atoms with Gasteiger partial charge in [-0.2, -0.15) is 5.10 Å². The topological polar surface area (TPSA) is 84.2 Å². The molecule has 0 saturated carbocycles. The van der Waals surface area contributed by atoms with E-state index in [0.29, 0.717) is 11.6 Å². The highest BCUT2D eigenvalue weighted by Gasteiger charge is 2.21. The van der Waals surface area contributed by atoms with Gasteiger partial charge in [0.2, 0.25) is 0 Å². The molecular formula is C23H19ClN4O2S. The van der Waals surface area contributed by atoms with Crippen molar-refractivity contribution >= 4 is 46.5 Å². The minimum Gasteiger partial charge on any atom is -0.872 e. The summed E-state index contributed by atoms with van der Waals surface area (Å²) in [5.74, 6) is -0.114. The van der Waals surface area contributed by atoms with Crippen molar-refractivity contribution in [1.82, 2.24) is 10.4 Å². The van der Waals surface area contributed by atoms with E-state index in [1.807, 2.05) is 48.5 Å². The maximum absolute atomic E-state index is 12.3. The number of carbonyl (C=O) groups is 1. The number of amides is 1. The van der Waals surface area contributed by atoms with Crippen molar-refractivity contribution in [3.63, 3.8) is 0 Å². The third-order valence-corrected chi connectivity index (χ3v) is 5.96. The van der Waals surface area contributed by atoms with E-state index in [4.69, 9.17) is 11.6 Å². The Hall–Kier alpha value is -3.29. The molecule has 4 aromatic rings. The van der Waals surface area contributed by atoms with Gasteiger partial charge >= 0.3 is 5.16 Å². The summed E-state index contributed by atoms with van der Waals surface area (Å²) in [4.78, 5) is 15.6. The molecule has 156 valence electrons. The molecule has 2 N–H and O–H groups in total. The number of hydrogen-bond donors (Lipinski definition) is 2. The van der Waals surface area contributed by atoms with Crippen LogP contribution in [0.15, 0.2) is 83.1 Å². The number of imidazole rings is 1. The molecule has 4 rings (SSSR count). The van der Waals surface area contributed by atoms with Crippen molar-refractivity contribution < 1.29 is 14.5 Å². The van der Waals surface area contributed by atoms with Gasteiger partial charge in [-0.15, -0.1) is 5.75 Å². The molecule has 0 fully saturated rings. The lowest BCUT2D eigenvalue weighted by molar-refractivity contribution is -0.700. The number of hydrogen-bond acceptors (Lipinski definition) is 4. The lowest BCUT2D eigenvalue weighted by atomic mass is 10.2. The predicted molar refractivity (Wildman–Crippen MR) is 121 cm³/mol. The van der Waals surface area contributed by atoms with E-state index in [2.05, 4.69) is 20.1 Å². The Morgan fingerprint density at radius 2 is 1.84 bits per heavy atom. The van der Waals surface area contributed by atoms with Gasteiger partial charge < -0.3 is 5.11 Å². The Bertz CT molecular complexity index is 1240. The molecule has 6 nitrogen and oxygen atoms in total. The van der Waals surface area contributed by atoms with Crippen molar-refractivity contribution in [3.05, 3.63) is 88.9 Å². The lowest BCUT2D eigenvalue weighted by Gasteiger charge is -2.04. The SMILES string of the molecule is O=C(CSc1[nH]c2ccccc2[n+]1Cc1ccccc1Cl)N/N=C/c1ccc([O-])cc1. The molecule has 0 spiro atoms. The zero-order valence-electron chi connectivity index (χ0n) is 16.4. The Labute approximate surface area is 188 Å². The molecule has 0 radical (unpaired) electrons. The highest BCUT2D eigenvalue weighted by molar-refractivity contribution is 7.99. The fourth-order valence-electron chi connectivity index (χ4n) is 3.07. The summed E-state index contributed by atoms with van der Waals surface area (Å²) in [6, 6.07) is 21.9. The summed E-state index contributed by atoms with van der Waals surface area (Å²) < 4.78 is 2.11. The molecule has 1 aromatic heterocycles. The third kappa shape index (κ3) is 5.25. The van der Waals surface area contributed by atoms with Crippen LogP contribution < -0.4 is 15.1 Å². The number of halogens is 1. The summed E-state index contributed by atoms with van der Waals surface area (Å²) in [5, 5.41) is 16.6. The molecule has 0 atom stereocenters. The monoisotopic (exact) mass is 450 g/mol. The van der Waals surface area contributed by atoms with Crippen LogP contribution in [-0.2, 0) is 11.3 Å². The van der Waals surface area contributed by atoms with E-state index < -0.39 is 0 Å². The normalized spacial score (nSPS) is 11.3. The van der Waals surface area contributed by atoms with E-state index in [9.17, 15) is 9.90 Å². The van der Waals surface area contributed by atoms with E-state index >= 15 is 0 Å². The molecule has 0 aliphatic rings. The van der Waals surface area contributed by atoms with Crippen LogP contribution in [0.5, 0.6) is 5.75 Å². The van der Waals surface area contributed by atoms with Gasteiger partial charge in [0.15, 0.2) is 11.0 Å². The van der Waals surface area contributed by atoms with Gasteiger partial charge in [-0.05, 0) is 35.5 Å². The summed E-state index contributed by atoms with van der Waals surface area (Å²) in [7, 11) is 0. The molecule has 0 bridgehead atoms. The van der Waals surface area contributed by atoms with Crippen LogP contribution in [-0.4, -0.2) is 22.9 Å². The van der Waals surface area contributed by atoms with Crippen LogP contribution in [0.3, 0.4) is 0 Å². The minimum atomic E-state index is -0.232. The van der Waals surface area contributed by atoms with Crippen molar-refractivity contribution in [2.75, 3.05) is 5.75 Å². The van der Waals surface area contributed by atoms with Gasteiger partial charge in [0, 0.05) is 10.6 Å². The van der Waals surface area contributed by atoms with E-state index in [1.54, 1.807) is 12.1 Å². The molecule has 1 amide bonds. The molecule has 3 aromatic carbocycles. The van der Waals surface area contributed by atoms with E-state index in [1.165, 1.54) is 30.1 Å². The summed E-state index contributed by atoms with van der Waals surface area (Å²) in [6.45, 7) is 0.585. The van der Waals surface area contributed by atoms with Crippen LogP contribution in [0.25, 0.3) is 11.0 Å². The largest absolute Gasteiger partial charge is 0.872 e. The standard InChI is InChI=1S/C23H19ClN4O2S/c24-19-6-2-1-5-17(19)14-28-21-8-4-3-7-20(21)26-23(28)31-15-22(30)27-25-13-16-9-11-18(29)12-10-16/h1-13H,14-15H2,(H2,25,27,29,30). The van der Waals surface area contributed by atoms with Crippen LogP contribution in [0.2, 0.25) is 5.02 Å². The fraction of sp³-hybridized carbons (Fsp3) is 0.0870. The zero-order chi connectivity index (χ0) is 21.6. The average Bonchev–Trinajstić information content (AvgIpc) is 3.13. The number of para-hydroxylation sites is 2. The number of aromatic amines is 1. The summed E-state index contributed by atoms with van der Waals surface area (Å²) in [5.41, 5.74) is 6.27. The highest BCUT2D eigenvalue weighted by Crippen LogP contribution is 2.21. The van der Waals surface area contributed by atoms with Crippen molar-refractivity contribution in [2.45, 2.75) is 11.7 Å². The third-order valence-electron chi connectivity index (χ3n) is 4.59. The number of benzene rings is 3. The number of H-pyrrole nitrogens is 1. The molecule has 0 unspecified atom stereocenters. The van der Waals surface area contributed by atoms with Gasteiger partial charge in [-0.25, -0.2) is 15.0 Å². The van der Waals surface area contributed by atoms with Crippen LogP contribution in [0.1, 0.15) is 11.1 Å². The Balaban J connectivity index is 1.46. The maximum atomic E-state index is 12.3. The number of thioether (sulfide) groups is 1. The molecule has 0 saturated heterocycles. The van der Waals surface area contributed by atoms with Gasteiger partial charge in [0.25, 0.3) is 5.91 Å². The minimum absolute atomic E-state index is 0.0685. The fourth-order valence-corrected chi connectivity index (χ4v) is 4.10. The number of fused-ring (bicyclic) bond motifs is 1. The van der Waals surface area contributed by atoms with E-state index in [-0.39, 0.29) is 17.4 Å². The van der Waals surface area contributed by atoms with Crippen LogP contribution >= 0.6 is 23.4 Å². The molecule has 0 aliphatic heterocycles. The predicted octanol–water partition coefficient (Wildman–Crippen LogP) is 3.47. The smallest absolute Gasteiger partial charge is 0.317 e. The number of nitrogens with zero attached hydrogens (tertiary/aromatic N) is 2. The van der Waals surface area contributed by atoms with Crippen molar-refractivity contribution in [1.29, 1.82) is 0 Å². The van der Waals surface area contributed by atoms with E-state index in [0.717, 1.165) is 27.3 Å². The first-order valence-electron chi connectivity index (χ1n) is 9.56. The Morgan fingerprint density at radius 3 is 2.65 bits per heavy atom.